The van der Waals surface area contributed by atoms with Crippen LogP contribution in [-0.2, 0) is 16.8 Å². The van der Waals surface area contributed by atoms with Crippen molar-refractivity contribution in [3.8, 4) is 11.8 Å². The van der Waals surface area contributed by atoms with E-state index in [0.29, 0.717) is 29.0 Å². The van der Waals surface area contributed by atoms with E-state index in [9.17, 15) is 15.0 Å². The fraction of sp³-hybridized carbons (Fsp3) is 0.333. The highest BCUT2D eigenvalue weighted by atomic mass is 16.5. The summed E-state index contributed by atoms with van der Waals surface area (Å²) in [4.78, 5) is 12.4. The molecule has 1 unspecified atom stereocenters. The lowest BCUT2D eigenvalue weighted by Crippen LogP contribution is -2.43. The van der Waals surface area contributed by atoms with Crippen LogP contribution in [0.15, 0.2) is 42.5 Å². The third kappa shape index (κ3) is 4.60. The van der Waals surface area contributed by atoms with Gasteiger partial charge in [0.2, 0.25) is 0 Å². The van der Waals surface area contributed by atoms with Gasteiger partial charge in [-0.3, -0.25) is 0 Å². The number of nitrogens with one attached hydrogen (secondary N) is 1. The molecule has 0 aromatic heterocycles. The van der Waals surface area contributed by atoms with Gasteiger partial charge in [0.25, 0.3) is 0 Å². The molecule has 0 aliphatic rings. The maximum Gasteiger partial charge on any atom is 0.334 e. The quantitative estimate of drug-likeness (QED) is 0.495. The molecular formula is C21H24N2O5. The van der Waals surface area contributed by atoms with E-state index >= 15 is 0 Å². The van der Waals surface area contributed by atoms with Crippen LogP contribution in [0.3, 0.4) is 0 Å². The maximum absolute atomic E-state index is 12.4. The number of nitrogens with zero attached hydrogens (tertiary/aromatic N) is 1. The number of ether oxygens (including phenoxy) is 1. The minimum absolute atomic E-state index is 0.0304. The number of carboxylic acid groups (broad SMARTS) is 1. The standard InChI is InChI=1S/C21H24N2O5/c1-2-21(20(26)27,23-17-6-3-16(14-22)4-7-17)18-13-15(9-10-24)5-8-19(18)28-12-11-25/h3-8,13,23-25H,2,9-12H2,1H3,(H,26,27). The number of aliphatic hydroxyl groups is 2. The minimum Gasteiger partial charge on any atom is -0.491 e. The van der Waals surface area contributed by atoms with Gasteiger partial charge in [0.05, 0.1) is 18.2 Å². The molecule has 0 aliphatic carbocycles. The summed E-state index contributed by atoms with van der Waals surface area (Å²) >= 11 is 0. The Balaban J connectivity index is 2.57. The van der Waals surface area contributed by atoms with Gasteiger partial charge in [-0.15, -0.1) is 0 Å². The number of benzene rings is 2. The third-order valence-corrected chi connectivity index (χ3v) is 4.52. The molecule has 2 aromatic carbocycles. The zero-order valence-electron chi connectivity index (χ0n) is 15.7. The lowest BCUT2D eigenvalue weighted by molar-refractivity contribution is -0.142. The van der Waals surface area contributed by atoms with Crippen molar-refractivity contribution >= 4 is 11.7 Å². The van der Waals surface area contributed by atoms with Gasteiger partial charge in [-0.1, -0.05) is 13.0 Å². The van der Waals surface area contributed by atoms with Crippen molar-refractivity contribution in [1.82, 2.24) is 0 Å². The van der Waals surface area contributed by atoms with Crippen LogP contribution < -0.4 is 10.1 Å². The average Bonchev–Trinajstić information content (AvgIpc) is 2.71. The van der Waals surface area contributed by atoms with Crippen molar-refractivity contribution in [1.29, 1.82) is 5.26 Å². The zero-order valence-corrected chi connectivity index (χ0v) is 15.7. The van der Waals surface area contributed by atoms with Gasteiger partial charge in [0.15, 0.2) is 5.54 Å². The number of carbonyl (C=O) groups is 1. The van der Waals surface area contributed by atoms with Crippen molar-refractivity contribution in [2.24, 2.45) is 0 Å². The SMILES string of the molecule is CCC(Nc1ccc(C#N)cc1)(C(=O)O)c1cc(CCO)ccc1OCCO. The predicted molar refractivity (Wildman–Crippen MR) is 104 cm³/mol. The Morgan fingerprint density at radius 3 is 2.43 bits per heavy atom. The van der Waals surface area contributed by atoms with Crippen LogP contribution >= 0.6 is 0 Å². The van der Waals surface area contributed by atoms with Gasteiger partial charge in [-0.2, -0.15) is 5.26 Å². The average molecular weight is 384 g/mol. The van der Waals surface area contributed by atoms with E-state index in [-0.39, 0.29) is 26.2 Å². The summed E-state index contributed by atoms with van der Waals surface area (Å²) in [6.45, 7) is 1.51. The first kappa shape index (κ1) is 21.2. The van der Waals surface area contributed by atoms with E-state index in [1.165, 1.54) is 0 Å². The molecule has 28 heavy (non-hydrogen) atoms. The van der Waals surface area contributed by atoms with Gasteiger partial charge < -0.3 is 25.4 Å². The molecule has 0 heterocycles. The van der Waals surface area contributed by atoms with E-state index in [4.69, 9.17) is 15.1 Å². The van der Waals surface area contributed by atoms with Crippen LogP contribution in [-0.4, -0.2) is 41.1 Å². The van der Waals surface area contributed by atoms with Crippen molar-refractivity contribution in [2.75, 3.05) is 25.1 Å². The minimum atomic E-state index is -1.50. The number of aliphatic carboxylic acids is 1. The first-order valence-electron chi connectivity index (χ1n) is 9.00. The molecule has 7 nitrogen and oxygen atoms in total. The van der Waals surface area contributed by atoms with Gasteiger partial charge in [-0.05, 0) is 54.8 Å². The molecule has 0 spiro atoms. The number of anilines is 1. The van der Waals surface area contributed by atoms with Crippen LogP contribution in [0.1, 0.15) is 30.0 Å². The highest BCUT2D eigenvalue weighted by Crippen LogP contribution is 2.37. The Kier molecular flexibility index (Phi) is 7.38. The van der Waals surface area contributed by atoms with Crippen molar-refractivity contribution in [2.45, 2.75) is 25.3 Å². The molecule has 1 atom stereocenters. The third-order valence-electron chi connectivity index (χ3n) is 4.52. The van der Waals surface area contributed by atoms with Gasteiger partial charge in [0, 0.05) is 17.9 Å². The number of aliphatic hydroxyl groups excluding tert-OH is 2. The molecule has 0 bridgehead atoms. The highest BCUT2D eigenvalue weighted by molar-refractivity contribution is 5.86. The first-order chi connectivity index (χ1) is 13.5. The summed E-state index contributed by atoms with van der Waals surface area (Å²) in [5.74, 6) is -0.740. The normalized spacial score (nSPS) is 12.6. The summed E-state index contributed by atoms with van der Waals surface area (Å²) < 4.78 is 5.59. The summed E-state index contributed by atoms with van der Waals surface area (Å²) in [6.07, 6.45) is 0.587. The maximum atomic E-state index is 12.4. The van der Waals surface area contributed by atoms with E-state index in [1.54, 1.807) is 49.4 Å². The molecule has 7 heteroatoms. The highest BCUT2D eigenvalue weighted by Gasteiger charge is 2.41. The topological polar surface area (TPSA) is 123 Å². The summed E-state index contributed by atoms with van der Waals surface area (Å²) in [7, 11) is 0. The first-order valence-corrected chi connectivity index (χ1v) is 9.00. The number of rotatable bonds is 10. The second-order valence-electron chi connectivity index (χ2n) is 6.25. The molecule has 0 saturated carbocycles. The molecule has 0 aliphatic heterocycles. The van der Waals surface area contributed by atoms with E-state index in [1.807, 2.05) is 6.07 Å². The summed E-state index contributed by atoms with van der Waals surface area (Å²) in [6, 6.07) is 13.7. The number of nitriles is 1. The molecule has 148 valence electrons. The number of carboxylic acids is 1. The fourth-order valence-corrected chi connectivity index (χ4v) is 3.02. The van der Waals surface area contributed by atoms with Crippen molar-refractivity contribution in [3.05, 3.63) is 59.2 Å². The monoisotopic (exact) mass is 384 g/mol. The Labute approximate surface area is 163 Å². The molecule has 0 fully saturated rings. The lowest BCUT2D eigenvalue weighted by atomic mass is 9.84. The van der Waals surface area contributed by atoms with Crippen LogP contribution in [0.2, 0.25) is 0 Å². The Bertz CT molecular complexity index is 845. The van der Waals surface area contributed by atoms with E-state index in [2.05, 4.69) is 5.32 Å². The molecule has 2 aromatic rings. The molecule has 2 rings (SSSR count). The Morgan fingerprint density at radius 1 is 1.18 bits per heavy atom. The number of hydrogen-bond acceptors (Lipinski definition) is 6. The Hall–Kier alpha value is -3.08. The Morgan fingerprint density at radius 2 is 1.89 bits per heavy atom. The van der Waals surface area contributed by atoms with Gasteiger partial charge >= 0.3 is 5.97 Å². The van der Waals surface area contributed by atoms with Crippen LogP contribution in [0.25, 0.3) is 0 Å². The second kappa shape index (κ2) is 9.74. The summed E-state index contributed by atoms with van der Waals surface area (Å²) in [5.41, 5.74) is 0.703. The molecule has 0 saturated heterocycles. The van der Waals surface area contributed by atoms with Crippen LogP contribution in [0.5, 0.6) is 5.75 Å². The smallest absolute Gasteiger partial charge is 0.334 e. The largest absolute Gasteiger partial charge is 0.491 e. The molecule has 4 N–H and O–H groups in total. The van der Waals surface area contributed by atoms with Crippen molar-refractivity contribution < 1.29 is 24.9 Å². The second-order valence-corrected chi connectivity index (χ2v) is 6.25. The molecule has 0 radical (unpaired) electrons. The van der Waals surface area contributed by atoms with Gasteiger partial charge in [0.1, 0.15) is 12.4 Å². The lowest BCUT2D eigenvalue weighted by Gasteiger charge is -2.33. The van der Waals surface area contributed by atoms with E-state index in [0.717, 1.165) is 5.56 Å². The van der Waals surface area contributed by atoms with Crippen molar-refractivity contribution in [3.63, 3.8) is 0 Å². The van der Waals surface area contributed by atoms with E-state index < -0.39 is 11.5 Å². The molecular weight excluding hydrogens is 360 g/mol. The van der Waals surface area contributed by atoms with Gasteiger partial charge in [-0.25, -0.2) is 4.79 Å². The summed E-state index contributed by atoms with van der Waals surface area (Å²) in [5, 5.41) is 40.5. The number of hydrogen-bond donors (Lipinski definition) is 4. The molecule has 0 amide bonds. The fourth-order valence-electron chi connectivity index (χ4n) is 3.02. The predicted octanol–water partition coefficient (Wildman–Crippen LogP) is 2.27. The van der Waals surface area contributed by atoms with Crippen LogP contribution in [0.4, 0.5) is 5.69 Å². The zero-order chi connectivity index (χ0) is 20.6. The van der Waals surface area contributed by atoms with Crippen LogP contribution in [0, 0.1) is 11.3 Å².